The molecule has 0 spiro atoms. The van der Waals surface area contributed by atoms with Gasteiger partial charge in [0.1, 0.15) is 0 Å². The monoisotopic (exact) mass is 242 g/mol. The van der Waals surface area contributed by atoms with E-state index in [1.807, 2.05) is 0 Å². The van der Waals surface area contributed by atoms with Crippen LogP contribution in [0.5, 0.6) is 0 Å². The number of hydrogen-bond donors (Lipinski definition) is 0. The topological polar surface area (TPSA) is 27.0 Å². The van der Waals surface area contributed by atoms with E-state index >= 15 is 0 Å². The Kier molecular flexibility index (Phi) is 4.04. The second-order valence-electron chi connectivity index (χ2n) is 5.69. The van der Waals surface area contributed by atoms with Crippen LogP contribution in [0, 0.1) is 11.3 Å². The molecule has 0 atom stereocenters. The smallest absolute Gasteiger partial charge is 0.0822 e. The molecule has 0 amide bonds. The van der Waals surface area contributed by atoms with Crippen molar-refractivity contribution in [2.45, 2.75) is 44.1 Å². The van der Waals surface area contributed by atoms with E-state index in [2.05, 4.69) is 49.3 Å². The lowest BCUT2D eigenvalue weighted by atomic mass is 9.70. The molecule has 0 radical (unpaired) electrons. The first-order chi connectivity index (χ1) is 8.66. The molecule has 1 aliphatic carbocycles. The minimum Gasteiger partial charge on any atom is -0.305 e. The maximum Gasteiger partial charge on any atom is 0.0822 e. The van der Waals surface area contributed by atoms with Gasteiger partial charge >= 0.3 is 0 Å². The first-order valence-corrected chi connectivity index (χ1v) is 6.82. The summed E-state index contributed by atoms with van der Waals surface area (Å²) in [5, 5.41) is 9.55. The van der Waals surface area contributed by atoms with Crippen LogP contribution < -0.4 is 0 Å². The Balaban J connectivity index is 2.19. The molecule has 0 bridgehead atoms. The van der Waals surface area contributed by atoms with Crippen molar-refractivity contribution < 1.29 is 0 Å². The highest BCUT2D eigenvalue weighted by Gasteiger charge is 2.33. The Hall–Kier alpha value is -1.33. The van der Waals surface area contributed by atoms with E-state index in [0.717, 1.165) is 19.4 Å². The highest BCUT2D eigenvalue weighted by Crippen LogP contribution is 2.38. The summed E-state index contributed by atoms with van der Waals surface area (Å²) in [4.78, 5) is 2.16. The second-order valence-corrected chi connectivity index (χ2v) is 5.69. The number of nitrogens with zero attached hydrogens (tertiary/aromatic N) is 2. The molecular weight excluding hydrogens is 220 g/mol. The van der Waals surface area contributed by atoms with Crippen LogP contribution in [-0.2, 0) is 12.0 Å². The van der Waals surface area contributed by atoms with Gasteiger partial charge < -0.3 is 4.90 Å². The summed E-state index contributed by atoms with van der Waals surface area (Å²) >= 11 is 0. The average molecular weight is 242 g/mol. The van der Waals surface area contributed by atoms with Gasteiger partial charge in [0, 0.05) is 6.54 Å². The predicted octanol–water partition coefficient (Wildman–Crippen LogP) is 3.47. The lowest BCUT2D eigenvalue weighted by Crippen LogP contribution is -2.27. The van der Waals surface area contributed by atoms with E-state index in [-0.39, 0.29) is 5.41 Å². The van der Waals surface area contributed by atoms with Crippen molar-refractivity contribution in [3.63, 3.8) is 0 Å². The fourth-order valence-electron chi connectivity index (χ4n) is 2.91. The highest BCUT2D eigenvalue weighted by atomic mass is 15.0. The molecule has 0 heterocycles. The molecule has 96 valence electrons. The summed E-state index contributed by atoms with van der Waals surface area (Å²) in [6.45, 7) is 0.958. The summed E-state index contributed by atoms with van der Waals surface area (Å²) in [6, 6.07) is 11.2. The Bertz CT molecular complexity index is 419. The molecule has 1 saturated carbocycles. The van der Waals surface area contributed by atoms with E-state index < -0.39 is 0 Å². The van der Waals surface area contributed by atoms with E-state index in [4.69, 9.17) is 0 Å². The van der Waals surface area contributed by atoms with Crippen LogP contribution in [-0.4, -0.2) is 19.0 Å². The number of rotatable bonds is 3. The van der Waals surface area contributed by atoms with Crippen LogP contribution in [0.2, 0.25) is 0 Å². The Morgan fingerprint density at radius 2 is 1.72 bits per heavy atom. The lowest BCUT2D eigenvalue weighted by molar-refractivity contribution is 0.365. The molecule has 2 rings (SSSR count). The minimum absolute atomic E-state index is 0.213. The van der Waals surface area contributed by atoms with Crippen molar-refractivity contribution in [1.29, 1.82) is 5.26 Å². The Morgan fingerprint density at radius 1 is 1.11 bits per heavy atom. The van der Waals surface area contributed by atoms with Crippen LogP contribution in [0.4, 0.5) is 0 Å². The van der Waals surface area contributed by atoms with Gasteiger partial charge in [-0.25, -0.2) is 0 Å². The van der Waals surface area contributed by atoms with E-state index in [9.17, 15) is 5.26 Å². The number of nitriles is 1. The van der Waals surface area contributed by atoms with Crippen LogP contribution >= 0.6 is 0 Å². The minimum atomic E-state index is -0.213. The third-order valence-corrected chi connectivity index (χ3v) is 3.93. The van der Waals surface area contributed by atoms with Crippen molar-refractivity contribution in [1.82, 2.24) is 4.90 Å². The lowest BCUT2D eigenvalue weighted by Gasteiger charge is -2.31. The van der Waals surface area contributed by atoms with E-state index in [1.54, 1.807) is 0 Å². The third-order valence-electron chi connectivity index (χ3n) is 3.93. The zero-order chi connectivity index (χ0) is 13.0. The summed E-state index contributed by atoms with van der Waals surface area (Å²) in [6.07, 6.45) is 5.70. The SMILES string of the molecule is CN(C)Cc1ccc(C2(C#N)CCCCC2)cc1. The van der Waals surface area contributed by atoms with Gasteiger partial charge in [0.05, 0.1) is 11.5 Å². The standard InChI is InChI=1S/C16H22N2/c1-18(2)12-14-6-8-15(9-7-14)16(13-17)10-4-3-5-11-16/h6-9H,3-5,10-12H2,1-2H3. The van der Waals surface area contributed by atoms with Gasteiger partial charge in [-0.3, -0.25) is 0 Å². The van der Waals surface area contributed by atoms with Crippen molar-refractivity contribution in [3.05, 3.63) is 35.4 Å². The van der Waals surface area contributed by atoms with Gasteiger partial charge in [-0.05, 0) is 38.1 Å². The van der Waals surface area contributed by atoms with Crippen LogP contribution in [0.25, 0.3) is 0 Å². The summed E-state index contributed by atoms with van der Waals surface area (Å²) in [7, 11) is 4.15. The molecule has 0 aliphatic heterocycles. The van der Waals surface area contributed by atoms with E-state index in [0.29, 0.717) is 0 Å². The molecule has 0 unspecified atom stereocenters. The average Bonchev–Trinajstić information content (AvgIpc) is 2.39. The van der Waals surface area contributed by atoms with Crippen LogP contribution in [0.1, 0.15) is 43.2 Å². The quantitative estimate of drug-likeness (QED) is 0.811. The van der Waals surface area contributed by atoms with Gasteiger partial charge in [-0.2, -0.15) is 5.26 Å². The van der Waals surface area contributed by atoms with Crippen molar-refractivity contribution in [2.24, 2.45) is 0 Å². The van der Waals surface area contributed by atoms with Gasteiger partial charge in [0.2, 0.25) is 0 Å². The zero-order valence-corrected chi connectivity index (χ0v) is 11.4. The number of hydrogen-bond acceptors (Lipinski definition) is 2. The van der Waals surface area contributed by atoms with Crippen molar-refractivity contribution in [3.8, 4) is 6.07 Å². The fraction of sp³-hybridized carbons (Fsp3) is 0.562. The van der Waals surface area contributed by atoms with Gasteiger partial charge in [-0.1, -0.05) is 43.5 Å². The summed E-state index contributed by atoms with van der Waals surface area (Å²) < 4.78 is 0. The normalized spacial score (nSPS) is 18.6. The van der Waals surface area contributed by atoms with E-state index in [1.165, 1.54) is 30.4 Å². The van der Waals surface area contributed by atoms with Gasteiger partial charge in [-0.15, -0.1) is 0 Å². The summed E-state index contributed by atoms with van der Waals surface area (Å²) in [5.74, 6) is 0. The van der Waals surface area contributed by atoms with Gasteiger partial charge in [0.25, 0.3) is 0 Å². The predicted molar refractivity (Wildman–Crippen MR) is 74.2 cm³/mol. The third kappa shape index (κ3) is 2.73. The van der Waals surface area contributed by atoms with Crippen LogP contribution in [0.3, 0.4) is 0 Å². The molecule has 0 saturated heterocycles. The van der Waals surface area contributed by atoms with Crippen molar-refractivity contribution >= 4 is 0 Å². The molecule has 0 aromatic heterocycles. The van der Waals surface area contributed by atoms with Crippen molar-refractivity contribution in [2.75, 3.05) is 14.1 Å². The fourth-order valence-corrected chi connectivity index (χ4v) is 2.91. The highest BCUT2D eigenvalue weighted by molar-refractivity contribution is 5.35. The van der Waals surface area contributed by atoms with Crippen LogP contribution in [0.15, 0.2) is 24.3 Å². The molecule has 2 nitrogen and oxygen atoms in total. The molecule has 0 N–H and O–H groups in total. The van der Waals surface area contributed by atoms with Gasteiger partial charge in [0.15, 0.2) is 0 Å². The maximum atomic E-state index is 9.55. The Morgan fingerprint density at radius 3 is 2.22 bits per heavy atom. The molecule has 1 fully saturated rings. The Labute approximate surface area is 110 Å². The number of benzene rings is 1. The molecule has 18 heavy (non-hydrogen) atoms. The molecular formula is C16H22N2. The molecule has 1 aromatic rings. The molecule has 1 aliphatic rings. The first kappa shape index (κ1) is 13.1. The molecule has 1 aromatic carbocycles. The molecule has 2 heteroatoms. The maximum absolute atomic E-state index is 9.55. The second kappa shape index (κ2) is 5.54. The largest absolute Gasteiger partial charge is 0.305 e. The first-order valence-electron chi connectivity index (χ1n) is 6.82. The zero-order valence-electron chi connectivity index (χ0n) is 11.4. The summed E-state index contributed by atoms with van der Waals surface area (Å²) in [5.41, 5.74) is 2.31.